The van der Waals surface area contributed by atoms with Gasteiger partial charge in [-0.05, 0) is 48.6 Å². The number of nitrogens with zero attached hydrogens (tertiary/aromatic N) is 1. The highest BCUT2D eigenvalue weighted by atomic mass is 32.2. The molecular weight excluding hydrogens is 455 g/mol. The van der Waals surface area contributed by atoms with Crippen LogP contribution >= 0.6 is 23.1 Å². The standard InChI is InChI=1S/C24H16F3NO2S2/c25-24(26,27)18-11-10-16(21(29)17-13-28-30-22(17)14-8-9-14)20(19-7-4-12-31-19)23(18)32-15-5-2-1-3-6-15/h1-7,10-14H,8-9H2. The van der Waals surface area contributed by atoms with E-state index in [1.165, 1.54) is 23.6 Å². The van der Waals surface area contributed by atoms with Crippen LogP contribution in [-0.4, -0.2) is 10.9 Å². The van der Waals surface area contributed by atoms with Crippen LogP contribution in [0.1, 0.15) is 46.0 Å². The van der Waals surface area contributed by atoms with Gasteiger partial charge in [-0.15, -0.1) is 11.3 Å². The number of benzene rings is 2. The minimum absolute atomic E-state index is 0.0152. The second kappa shape index (κ2) is 8.26. The van der Waals surface area contributed by atoms with E-state index in [1.807, 2.05) is 0 Å². The summed E-state index contributed by atoms with van der Waals surface area (Å²) < 4.78 is 47.4. The van der Waals surface area contributed by atoms with E-state index >= 15 is 0 Å². The number of thiophene rings is 1. The lowest BCUT2D eigenvalue weighted by molar-refractivity contribution is -0.139. The van der Waals surface area contributed by atoms with Crippen molar-refractivity contribution in [2.45, 2.75) is 34.7 Å². The van der Waals surface area contributed by atoms with Crippen molar-refractivity contribution in [3.8, 4) is 10.4 Å². The van der Waals surface area contributed by atoms with E-state index < -0.39 is 11.7 Å². The maximum atomic E-state index is 14.0. The Bertz CT molecular complexity index is 1260. The van der Waals surface area contributed by atoms with Crippen molar-refractivity contribution >= 4 is 28.9 Å². The van der Waals surface area contributed by atoms with Crippen LogP contribution in [0, 0.1) is 0 Å². The Hall–Kier alpha value is -2.84. The Labute approximate surface area is 190 Å². The lowest BCUT2D eigenvalue weighted by Gasteiger charge is -2.19. The molecule has 1 saturated carbocycles. The van der Waals surface area contributed by atoms with Crippen molar-refractivity contribution < 1.29 is 22.5 Å². The van der Waals surface area contributed by atoms with Crippen LogP contribution in [-0.2, 0) is 6.18 Å². The summed E-state index contributed by atoms with van der Waals surface area (Å²) in [5.41, 5.74) is 0.0559. The zero-order valence-corrected chi connectivity index (χ0v) is 18.2. The fraction of sp³-hybridized carbons (Fsp3) is 0.167. The van der Waals surface area contributed by atoms with Crippen LogP contribution in [0.3, 0.4) is 0 Å². The Morgan fingerprint density at radius 3 is 2.47 bits per heavy atom. The largest absolute Gasteiger partial charge is 0.417 e. The molecule has 2 aromatic heterocycles. The first-order chi connectivity index (χ1) is 15.4. The molecular formula is C24H16F3NO2S2. The van der Waals surface area contributed by atoms with E-state index in [1.54, 1.807) is 47.8 Å². The summed E-state index contributed by atoms with van der Waals surface area (Å²) in [6.45, 7) is 0. The number of rotatable bonds is 6. The number of carbonyl (C=O) groups excluding carboxylic acids is 1. The van der Waals surface area contributed by atoms with E-state index in [0.717, 1.165) is 30.7 Å². The van der Waals surface area contributed by atoms with E-state index in [4.69, 9.17) is 4.52 Å². The molecule has 0 spiro atoms. The molecule has 4 aromatic rings. The molecule has 1 aliphatic rings. The Kier molecular flexibility index (Phi) is 5.43. The fourth-order valence-corrected chi connectivity index (χ4v) is 5.58. The van der Waals surface area contributed by atoms with Gasteiger partial charge >= 0.3 is 6.18 Å². The molecule has 162 valence electrons. The topological polar surface area (TPSA) is 43.1 Å². The van der Waals surface area contributed by atoms with Crippen molar-refractivity contribution in [2.75, 3.05) is 0 Å². The minimum Gasteiger partial charge on any atom is -0.360 e. The zero-order chi connectivity index (χ0) is 22.3. The first-order valence-electron chi connectivity index (χ1n) is 9.93. The van der Waals surface area contributed by atoms with E-state index in [2.05, 4.69) is 5.16 Å². The number of hydrogen-bond donors (Lipinski definition) is 0. The Morgan fingerprint density at radius 1 is 1.03 bits per heavy atom. The Morgan fingerprint density at radius 2 is 1.81 bits per heavy atom. The third-order valence-corrected chi connectivity index (χ3v) is 7.25. The highest BCUT2D eigenvalue weighted by molar-refractivity contribution is 7.99. The van der Waals surface area contributed by atoms with E-state index in [9.17, 15) is 18.0 Å². The van der Waals surface area contributed by atoms with E-state index in [-0.39, 0.29) is 27.7 Å². The predicted molar refractivity (Wildman–Crippen MR) is 117 cm³/mol. The molecule has 8 heteroatoms. The van der Waals surface area contributed by atoms with Crippen molar-refractivity contribution in [1.82, 2.24) is 5.16 Å². The third-order valence-electron chi connectivity index (χ3n) is 5.23. The van der Waals surface area contributed by atoms with E-state index in [0.29, 0.717) is 21.1 Å². The summed E-state index contributed by atoms with van der Waals surface area (Å²) in [4.78, 5) is 14.8. The van der Waals surface area contributed by atoms with Gasteiger partial charge in [0, 0.05) is 31.7 Å². The second-order valence-electron chi connectivity index (χ2n) is 7.46. The number of hydrogen-bond acceptors (Lipinski definition) is 5. The third kappa shape index (κ3) is 4.00. The van der Waals surface area contributed by atoms with Gasteiger partial charge in [0.15, 0.2) is 11.5 Å². The van der Waals surface area contributed by atoms with Gasteiger partial charge in [-0.2, -0.15) is 13.2 Å². The first kappa shape index (κ1) is 21.0. The molecule has 5 rings (SSSR count). The average Bonchev–Trinajstić information content (AvgIpc) is 3.25. The molecule has 32 heavy (non-hydrogen) atoms. The van der Waals surface area contributed by atoms with Gasteiger partial charge in [-0.25, -0.2) is 0 Å². The highest BCUT2D eigenvalue weighted by Gasteiger charge is 2.38. The van der Waals surface area contributed by atoms with Gasteiger partial charge in [-0.3, -0.25) is 4.79 Å². The molecule has 0 amide bonds. The lowest BCUT2D eigenvalue weighted by Crippen LogP contribution is -2.12. The molecule has 0 atom stereocenters. The SMILES string of the molecule is O=C(c1cnoc1C1CC1)c1ccc(C(F)(F)F)c(Sc2ccccc2)c1-c1cccs1. The van der Waals surface area contributed by atoms with Crippen LogP contribution in [0.5, 0.6) is 0 Å². The fourth-order valence-electron chi connectivity index (χ4n) is 3.58. The summed E-state index contributed by atoms with van der Waals surface area (Å²) in [6.07, 6.45) is -1.37. The van der Waals surface area contributed by atoms with Crippen LogP contribution in [0.2, 0.25) is 0 Å². The molecule has 1 fully saturated rings. The van der Waals surface area contributed by atoms with Gasteiger partial charge in [0.1, 0.15) is 0 Å². The molecule has 0 bridgehead atoms. The monoisotopic (exact) mass is 471 g/mol. The van der Waals surface area contributed by atoms with Gasteiger partial charge in [0.25, 0.3) is 0 Å². The summed E-state index contributed by atoms with van der Waals surface area (Å²) >= 11 is 2.31. The van der Waals surface area contributed by atoms with Gasteiger partial charge < -0.3 is 4.52 Å². The number of alkyl halides is 3. The highest BCUT2D eigenvalue weighted by Crippen LogP contribution is 2.48. The molecule has 3 nitrogen and oxygen atoms in total. The molecule has 2 aromatic carbocycles. The molecule has 2 heterocycles. The van der Waals surface area contributed by atoms with Crippen LogP contribution in [0.4, 0.5) is 13.2 Å². The van der Waals surface area contributed by atoms with Crippen molar-refractivity contribution in [3.05, 3.63) is 88.6 Å². The second-order valence-corrected chi connectivity index (χ2v) is 9.49. The Balaban J connectivity index is 1.73. The number of halogens is 3. The molecule has 0 N–H and O–H groups in total. The molecule has 0 saturated heterocycles. The summed E-state index contributed by atoms with van der Waals surface area (Å²) in [7, 11) is 0. The maximum absolute atomic E-state index is 14.0. The minimum atomic E-state index is -4.57. The number of aromatic nitrogens is 1. The van der Waals surface area contributed by atoms with Crippen molar-refractivity contribution in [2.24, 2.45) is 0 Å². The maximum Gasteiger partial charge on any atom is 0.417 e. The predicted octanol–water partition coefficient (Wildman–Crippen LogP) is 7.68. The number of ketones is 1. The normalized spacial score (nSPS) is 14.0. The quantitative estimate of drug-likeness (QED) is 0.271. The van der Waals surface area contributed by atoms with Crippen molar-refractivity contribution in [3.63, 3.8) is 0 Å². The molecule has 1 aliphatic carbocycles. The summed E-state index contributed by atoms with van der Waals surface area (Å²) in [5, 5.41) is 5.58. The smallest absolute Gasteiger partial charge is 0.360 e. The molecule has 0 aliphatic heterocycles. The zero-order valence-electron chi connectivity index (χ0n) is 16.6. The summed E-state index contributed by atoms with van der Waals surface area (Å²) in [6, 6.07) is 14.6. The van der Waals surface area contributed by atoms with Gasteiger partial charge in [0.05, 0.1) is 17.3 Å². The number of carbonyl (C=O) groups is 1. The van der Waals surface area contributed by atoms with Crippen molar-refractivity contribution in [1.29, 1.82) is 0 Å². The lowest BCUT2D eigenvalue weighted by atomic mass is 9.95. The molecule has 0 radical (unpaired) electrons. The van der Waals surface area contributed by atoms with Crippen LogP contribution in [0.15, 0.2) is 80.5 Å². The molecule has 0 unspecified atom stereocenters. The van der Waals surface area contributed by atoms with Crippen LogP contribution in [0.25, 0.3) is 10.4 Å². The van der Waals surface area contributed by atoms with Crippen LogP contribution < -0.4 is 0 Å². The van der Waals surface area contributed by atoms with Gasteiger partial charge in [0.2, 0.25) is 0 Å². The van der Waals surface area contributed by atoms with Gasteiger partial charge in [-0.1, -0.05) is 41.2 Å². The summed E-state index contributed by atoms with van der Waals surface area (Å²) in [5.74, 6) is 0.290. The first-order valence-corrected chi connectivity index (χ1v) is 11.6. The average molecular weight is 472 g/mol.